The number of hydrogen-bond acceptors (Lipinski definition) is 5. The molecule has 1 atom stereocenters. The number of ether oxygens (including phenoxy) is 1. The summed E-state index contributed by atoms with van der Waals surface area (Å²) in [7, 11) is -3.83. The van der Waals surface area contributed by atoms with Gasteiger partial charge in [0.1, 0.15) is 17.7 Å². The fourth-order valence-corrected chi connectivity index (χ4v) is 7.17. The molecule has 2 aliphatic heterocycles. The normalized spacial score (nSPS) is 17.9. The number of amidine groups is 1. The smallest absolute Gasteiger partial charge is 0.264 e. The number of nitrogens with two attached hydrogens (primary N) is 1. The van der Waals surface area contributed by atoms with Crippen molar-refractivity contribution >= 4 is 32.3 Å². The Balaban J connectivity index is 1.43. The van der Waals surface area contributed by atoms with Gasteiger partial charge in [0.2, 0.25) is 0 Å². The summed E-state index contributed by atoms with van der Waals surface area (Å²) >= 11 is 0. The molecule has 194 valence electrons. The lowest BCUT2D eigenvalue weighted by Crippen LogP contribution is -2.34. The molecule has 4 N–H and O–H groups in total. The van der Waals surface area contributed by atoms with Gasteiger partial charge >= 0.3 is 0 Å². The van der Waals surface area contributed by atoms with Crippen molar-refractivity contribution in [3.05, 3.63) is 102 Å². The van der Waals surface area contributed by atoms with Gasteiger partial charge in [-0.25, -0.2) is 8.42 Å². The van der Waals surface area contributed by atoms with Crippen LogP contribution in [-0.2, 0) is 16.4 Å². The average Bonchev–Trinajstić information content (AvgIpc) is 3.33. The van der Waals surface area contributed by atoms with Crippen LogP contribution < -0.4 is 20.1 Å². The molecule has 1 saturated heterocycles. The quantitative estimate of drug-likeness (QED) is 0.248. The van der Waals surface area contributed by atoms with E-state index in [1.807, 2.05) is 60.7 Å². The lowest BCUT2D eigenvalue weighted by molar-refractivity contribution is 0.162. The number of nitrogens with one attached hydrogen (secondary N) is 2. The van der Waals surface area contributed by atoms with Gasteiger partial charge in [-0.2, -0.15) is 0 Å². The van der Waals surface area contributed by atoms with Gasteiger partial charge in [0.25, 0.3) is 10.0 Å². The minimum atomic E-state index is -3.83. The van der Waals surface area contributed by atoms with E-state index in [1.165, 1.54) is 0 Å². The summed E-state index contributed by atoms with van der Waals surface area (Å²) in [5, 5.41) is 13.1. The third-order valence-electron chi connectivity index (χ3n) is 7.43. The molecular formula is C30H30N4O3S. The van der Waals surface area contributed by atoms with Crippen LogP contribution in [0.4, 0.5) is 5.69 Å². The maximum absolute atomic E-state index is 14.0. The Morgan fingerprint density at radius 2 is 1.68 bits per heavy atom. The van der Waals surface area contributed by atoms with Crippen LogP contribution in [0, 0.1) is 5.41 Å². The largest absolute Gasteiger partial charge is 0.490 e. The molecule has 0 radical (unpaired) electrons. The van der Waals surface area contributed by atoms with E-state index >= 15 is 0 Å². The molecule has 6 rings (SSSR count). The maximum Gasteiger partial charge on any atom is 0.264 e. The third kappa shape index (κ3) is 4.50. The highest BCUT2D eigenvalue weighted by Crippen LogP contribution is 2.45. The van der Waals surface area contributed by atoms with Crippen molar-refractivity contribution < 1.29 is 13.2 Å². The molecule has 4 aromatic rings. The molecule has 2 heterocycles. The predicted molar refractivity (Wildman–Crippen MR) is 150 cm³/mol. The number of hydrogen-bond donors (Lipinski definition) is 3. The van der Waals surface area contributed by atoms with Crippen LogP contribution in [0.5, 0.6) is 5.75 Å². The molecule has 0 aromatic heterocycles. The van der Waals surface area contributed by atoms with Crippen molar-refractivity contribution in [2.45, 2.75) is 36.3 Å². The second-order valence-electron chi connectivity index (χ2n) is 9.93. The first kappa shape index (κ1) is 24.5. The van der Waals surface area contributed by atoms with Gasteiger partial charge in [0.05, 0.1) is 16.6 Å². The van der Waals surface area contributed by atoms with Crippen LogP contribution in [0.3, 0.4) is 0 Å². The minimum absolute atomic E-state index is 0.000123. The monoisotopic (exact) mass is 526 g/mol. The first-order valence-electron chi connectivity index (χ1n) is 12.9. The number of nitrogens with zero attached hydrogens (tertiary/aromatic N) is 1. The lowest BCUT2D eigenvalue weighted by Gasteiger charge is -2.28. The molecule has 0 bridgehead atoms. The van der Waals surface area contributed by atoms with E-state index in [9.17, 15) is 8.42 Å². The van der Waals surface area contributed by atoms with Gasteiger partial charge in [-0.1, -0.05) is 42.5 Å². The second-order valence-corrected chi connectivity index (χ2v) is 11.7. The fraction of sp³-hybridized carbons (Fsp3) is 0.233. The average molecular weight is 527 g/mol. The number of rotatable bonds is 6. The van der Waals surface area contributed by atoms with Crippen molar-refractivity contribution in [2.24, 2.45) is 5.73 Å². The van der Waals surface area contributed by atoms with Crippen LogP contribution >= 0.6 is 0 Å². The standard InChI is InChI=1S/C30H30N4O3S/c31-30(32)22-9-7-20-6-8-21(16-23(20)17-22)29-19-24-18-26(37-25-12-14-33-15-13-25)10-11-28(24)34(29)38(35,36)27-4-2-1-3-5-27/h1-11,16-18,25,29,33H,12-15,19H2,(H3,31,32). The molecular weight excluding hydrogens is 496 g/mol. The zero-order chi connectivity index (χ0) is 26.3. The molecule has 2 aliphatic rings. The molecule has 1 fully saturated rings. The molecule has 4 aromatic carbocycles. The Morgan fingerprint density at radius 1 is 0.921 bits per heavy atom. The number of benzene rings is 4. The van der Waals surface area contributed by atoms with E-state index < -0.39 is 16.1 Å². The number of fused-ring (bicyclic) bond motifs is 2. The van der Waals surface area contributed by atoms with Crippen LogP contribution in [0.2, 0.25) is 0 Å². The Bertz CT molecular complexity index is 1620. The Morgan fingerprint density at radius 3 is 2.45 bits per heavy atom. The zero-order valence-corrected chi connectivity index (χ0v) is 21.7. The highest BCUT2D eigenvalue weighted by molar-refractivity contribution is 7.92. The van der Waals surface area contributed by atoms with Crippen LogP contribution in [0.25, 0.3) is 10.8 Å². The summed E-state index contributed by atoms with van der Waals surface area (Å²) in [6.07, 6.45) is 2.59. The van der Waals surface area contributed by atoms with E-state index in [4.69, 9.17) is 15.9 Å². The molecule has 38 heavy (non-hydrogen) atoms. The van der Waals surface area contributed by atoms with Crippen LogP contribution in [-0.4, -0.2) is 33.4 Å². The minimum Gasteiger partial charge on any atom is -0.490 e. The van der Waals surface area contributed by atoms with Crippen molar-refractivity contribution in [1.82, 2.24) is 5.32 Å². The summed E-state index contributed by atoms with van der Waals surface area (Å²) in [5.74, 6) is 0.776. The van der Waals surface area contributed by atoms with Gasteiger partial charge in [0, 0.05) is 12.0 Å². The summed E-state index contributed by atoms with van der Waals surface area (Å²) < 4.78 is 35.9. The van der Waals surface area contributed by atoms with E-state index in [0.717, 1.165) is 53.6 Å². The third-order valence-corrected chi connectivity index (χ3v) is 9.27. The van der Waals surface area contributed by atoms with Gasteiger partial charge < -0.3 is 15.8 Å². The maximum atomic E-state index is 14.0. The molecule has 0 amide bonds. The summed E-state index contributed by atoms with van der Waals surface area (Å²) in [6, 6.07) is 25.6. The summed E-state index contributed by atoms with van der Waals surface area (Å²) in [6.45, 7) is 1.88. The summed E-state index contributed by atoms with van der Waals surface area (Å²) in [4.78, 5) is 0.257. The number of piperidine rings is 1. The van der Waals surface area contributed by atoms with E-state index in [2.05, 4.69) is 5.32 Å². The highest BCUT2D eigenvalue weighted by atomic mass is 32.2. The first-order chi connectivity index (χ1) is 18.4. The van der Waals surface area contributed by atoms with Crippen molar-refractivity contribution in [1.29, 1.82) is 5.41 Å². The van der Waals surface area contributed by atoms with Crippen LogP contribution in [0.15, 0.2) is 89.8 Å². The van der Waals surface area contributed by atoms with Crippen molar-refractivity contribution in [3.63, 3.8) is 0 Å². The first-order valence-corrected chi connectivity index (χ1v) is 14.3. The SMILES string of the molecule is N=C(N)c1ccc2ccc(C3Cc4cc(OC5CCNCC5)ccc4N3S(=O)(=O)c3ccccc3)cc2c1. The number of anilines is 1. The van der Waals surface area contributed by atoms with Gasteiger partial charge in [-0.05, 0) is 90.3 Å². The highest BCUT2D eigenvalue weighted by Gasteiger charge is 2.39. The zero-order valence-electron chi connectivity index (χ0n) is 20.9. The van der Waals surface area contributed by atoms with Gasteiger partial charge in [-0.15, -0.1) is 0 Å². The van der Waals surface area contributed by atoms with Gasteiger partial charge in [0.15, 0.2) is 0 Å². The van der Waals surface area contributed by atoms with Gasteiger partial charge in [-0.3, -0.25) is 9.71 Å². The lowest BCUT2D eigenvalue weighted by atomic mass is 9.98. The molecule has 0 saturated carbocycles. The molecule has 0 aliphatic carbocycles. The van der Waals surface area contributed by atoms with Crippen LogP contribution in [0.1, 0.15) is 35.6 Å². The van der Waals surface area contributed by atoms with Crippen molar-refractivity contribution in [3.8, 4) is 5.75 Å². The summed E-state index contributed by atoms with van der Waals surface area (Å²) in [5.41, 5.74) is 8.87. The van der Waals surface area contributed by atoms with E-state index in [-0.39, 0.29) is 16.8 Å². The predicted octanol–water partition coefficient (Wildman–Crippen LogP) is 4.75. The second kappa shape index (κ2) is 9.78. The van der Waals surface area contributed by atoms with E-state index in [1.54, 1.807) is 28.6 Å². The van der Waals surface area contributed by atoms with E-state index in [0.29, 0.717) is 17.7 Å². The molecule has 7 nitrogen and oxygen atoms in total. The Hall–Kier alpha value is -3.88. The van der Waals surface area contributed by atoms with Crippen molar-refractivity contribution in [2.75, 3.05) is 17.4 Å². The Labute approximate surface area is 222 Å². The number of nitrogen functional groups attached to an aromatic ring is 1. The fourth-order valence-electron chi connectivity index (χ4n) is 5.47. The number of sulfonamides is 1. The molecule has 8 heteroatoms. The molecule has 0 spiro atoms. The topological polar surface area (TPSA) is 109 Å². The molecule has 1 unspecified atom stereocenters. The Kier molecular flexibility index (Phi) is 6.29.